The summed E-state index contributed by atoms with van der Waals surface area (Å²) in [6, 6.07) is 6.60. The summed E-state index contributed by atoms with van der Waals surface area (Å²) in [5.41, 5.74) is 3.45. The van der Waals surface area contributed by atoms with Crippen molar-refractivity contribution in [2.24, 2.45) is 5.10 Å². The number of hydrogen-bond donors (Lipinski definition) is 1. The van der Waals surface area contributed by atoms with Gasteiger partial charge in [-0.25, -0.2) is 9.59 Å². The molecule has 0 aliphatic heterocycles. The van der Waals surface area contributed by atoms with E-state index in [9.17, 15) is 14.4 Å². The number of hydrogen-bond acceptors (Lipinski definition) is 6. The van der Waals surface area contributed by atoms with Gasteiger partial charge in [0, 0.05) is 6.08 Å². The zero-order valence-corrected chi connectivity index (χ0v) is 10.3. The van der Waals surface area contributed by atoms with Crippen molar-refractivity contribution in [3.05, 3.63) is 29.8 Å². The molecule has 6 nitrogen and oxygen atoms in total. The lowest BCUT2D eigenvalue weighted by molar-refractivity contribution is -0.135. The monoisotopic (exact) mass is 260 g/mol. The highest BCUT2D eigenvalue weighted by molar-refractivity contribution is 6.58. The van der Waals surface area contributed by atoms with Gasteiger partial charge in [-0.1, -0.05) is 12.1 Å². The third kappa shape index (κ3) is 4.57. The summed E-state index contributed by atoms with van der Waals surface area (Å²) in [6.45, 7) is 1.80. The van der Waals surface area contributed by atoms with Gasteiger partial charge in [-0.05, 0) is 24.6 Å². The first kappa shape index (κ1) is 14.3. The van der Waals surface area contributed by atoms with Crippen molar-refractivity contribution in [3.63, 3.8) is 0 Å². The molecule has 6 heteroatoms. The van der Waals surface area contributed by atoms with E-state index in [-0.39, 0.29) is 12.3 Å². The van der Waals surface area contributed by atoms with Crippen LogP contribution in [0.15, 0.2) is 29.4 Å². The Morgan fingerprint density at radius 2 is 2.11 bits per heavy atom. The fourth-order valence-corrected chi connectivity index (χ4v) is 1.17. The van der Waals surface area contributed by atoms with Crippen LogP contribution in [-0.4, -0.2) is 30.5 Å². The lowest BCUT2D eigenvalue weighted by Gasteiger charge is -2.02. The fourth-order valence-electron chi connectivity index (χ4n) is 1.17. The first-order valence-electron chi connectivity index (χ1n) is 5.48. The number of nitrogens with zero attached hydrogens (tertiary/aromatic N) is 1. The van der Waals surface area contributed by atoms with Gasteiger partial charge >= 0.3 is 5.97 Å². The highest BCUT2D eigenvalue weighted by atomic mass is 16.5. The number of rotatable bonds is 6. The first-order chi connectivity index (χ1) is 9.21. The number of benzene rings is 1. The molecule has 1 N–H and O–H groups in total. The number of carbonyl (C=O) groups is 2. The minimum Gasteiger partial charge on any atom is -0.461 e. The van der Waals surface area contributed by atoms with Crippen molar-refractivity contribution in [2.75, 3.05) is 12.0 Å². The van der Waals surface area contributed by atoms with Crippen LogP contribution in [0, 0.1) is 0 Å². The van der Waals surface area contributed by atoms with Crippen LogP contribution >= 0.6 is 0 Å². The molecule has 0 spiro atoms. The fraction of sp³-hybridized carbons (Fsp3) is 0.154. The number of hydrazone groups is 1. The minimum atomic E-state index is -0.787. The molecular weight excluding hydrogens is 248 g/mol. The number of nitrogens with one attached hydrogen (secondary N) is 1. The Kier molecular flexibility index (Phi) is 5.72. The summed E-state index contributed by atoms with van der Waals surface area (Å²) in [5, 5.41) is 3.64. The molecule has 19 heavy (non-hydrogen) atoms. The van der Waals surface area contributed by atoms with E-state index >= 15 is 0 Å². The lowest BCUT2D eigenvalue weighted by atomic mass is 10.2. The Hall–Kier alpha value is -2.72. The van der Waals surface area contributed by atoms with Crippen LogP contribution in [0.5, 0.6) is 0 Å². The SMILES string of the molecule is CCOC(=O)/C(C=O)=N/Nc1ccc(C=C=O)cc1. The van der Waals surface area contributed by atoms with E-state index in [4.69, 9.17) is 0 Å². The highest BCUT2D eigenvalue weighted by Gasteiger charge is 2.11. The molecule has 0 heterocycles. The summed E-state index contributed by atoms with van der Waals surface area (Å²) in [6.07, 6.45) is 1.59. The van der Waals surface area contributed by atoms with Crippen molar-refractivity contribution in [2.45, 2.75) is 6.92 Å². The Balaban J connectivity index is 2.75. The van der Waals surface area contributed by atoms with Gasteiger partial charge in [0.25, 0.3) is 0 Å². The molecule has 0 radical (unpaired) electrons. The number of aldehydes is 1. The van der Waals surface area contributed by atoms with Crippen LogP contribution < -0.4 is 5.43 Å². The van der Waals surface area contributed by atoms with Crippen LogP contribution in [0.1, 0.15) is 12.5 Å². The molecule has 0 saturated heterocycles. The van der Waals surface area contributed by atoms with Crippen LogP contribution in [0.2, 0.25) is 0 Å². The molecule has 0 unspecified atom stereocenters. The maximum Gasteiger partial charge on any atom is 0.362 e. The Morgan fingerprint density at radius 3 is 2.63 bits per heavy atom. The van der Waals surface area contributed by atoms with Gasteiger partial charge in [0.15, 0.2) is 6.29 Å². The predicted molar refractivity (Wildman–Crippen MR) is 70.4 cm³/mol. The van der Waals surface area contributed by atoms with E-state index in [1.807, 2.05) is 0 Å². The van der Waals surface area contributed by atoms with Gasteiger partial charge < -0.3 is 4.74 Å². The zero-order valence-electron chi connectivity index (χ0n) is 10.3. The second-order valence-corrected chi connectivity index (χ2v) is 3.33. The molecular formula is C13H12N2O4. The Bertz CT molecular complexity index is 528. The third-order valence-corrected chi connectivity index (χ3v) is 2.04. The van der Waals surface area contributed by atoms with Crippen LogP contribution in [0.3, 0.4) is 0 Å². The molecule has 98 valence electrons. The second kappa shape index (κ2) is 7.58. The molecule has 0 fully saturated rings. The molecule has 0 aliphatic rings. The molecule has 0 aromatic heterocycles. The molecule has 0 bridgehead atoms. The smallest absolute Gasteiger partial charge is 0.362 e. The number of ether oxygens (including phenoxy) is 1. The Labute approximate surface area is 109 Å². The maximum absolute atomic E-state index is 11.3. The topological polar surface area (TPSA) is 84.8 Å². The number of carbonyl (C=O) groups excluding carboxylic acids is 3. The van der Waals surface area contributed by atoms with Crippen LogP contribution in [0.4, 0.5) is 5.69 Å². The Morgan fingerprint density at radius 1 is 1.42 bits per heavy atom. The predicted octanol–water partition coefficient (Wildman–Crippen LogP) is 1.06. The quantitative estimate of drug-likeness (QED) is 0.206. The summed E-state index contributed by atoms with van der Waals surface area (Å²) in [7, 11) is 0. The van der Waals surface area contributed by atoms with Crippen molar-refractivity contribution < 1.29 is 19.1 Å². The normalized spacial score (nSPS) is 10.3. The highest BCUT2D eigenvalue weighted by Crippen LogP contribution is 2.09. The largest absolute Gasteiger partial charge is 0.461 e. The number of esters is 1. The molecule has 1 aromatic rings. The molecule has 1 aromatic carbocycles. The van der Waals surface area contributed by atoms with Crippen LogP contribution in [-0.2, 0) is 19.1 Å². The average molecular weight is 260 g/mol. The third-order valence-electron chi connectivity index (χ3n) is 2.04. The molecule has 0 amide bonds. The summed E-state index contributed by atoms with van der Waals surface area (Å²) in [4.78, 5) is 32.1. The van der Waals surface area contributed by atoms with Gasteiger partial charge in [0.05, 0.1) is 12.3 Å². The van der Waals surface area contributed by atoms with Crippen molar-refractivity contribution in [1.29, 1.82) is 0 Å². The van der Waals surface area contributed by atoms with E-state index in [0.717, 1.165) is 0 Å². The molecule has 1 rings (SSSR count). The lowest BCUT2D eigenvalue weighted by Crippen LogP contribution is -2.20. The van der Waals surface area contributed by atoms with Crippen molar-refractivity contribution >= 4 is 35.7 Å². The van der Waals surface area contributed by atoms with Gasteiger partial charge in [0.1, 0.15) is 5.94 Å². The van der Waals surface area contributed by atoms with E-state index in [2.05, 4.69) is 15.3 Å². The van der Waals surface area contributed by atoms with Gasteiger partial charge in [0.2, 0.25) is 5.71 Å². The van der Waals surface area contributed by atoms with Crippen molar-refractivity contribution in [3.8, 4) is 0 Å². The zero-order chi connectivity index (χ0) is 14.1. The van der Waals surface area contributed by atoms with E-state index in [0.29, 0.717) is 17.5 Å². The van der Waals surface area contributed by atoms with Crippen molar-refractivity contribution in [1.82, 2.24) is 0 Å². The van der Waals surface area contributed by atoms with Gasteiger partial charge in [-0.2, -0.15) is 5.10 Å². The van der Waals surface area contributed by atoms with E-state index in [1.165, 1.54) is 6.08 Å². The van der Waals surface area contributed by atoms with Crippen LogP contribution in [0.25, 0.3) is 6.08 Å². The average Bonchev–Trinajstić information content (AvgIpc) is 2.42. The molecule has 0 saturated carbocycles. The minimum absolute atomic E-state index is 0.165. The number of anilines is 1. The summed E-state index contributed by atoms with van der Waals surface area (Å²) in [5.74, 6) is 0.875. The maximum atomic E-state index is 11.3. The van der Waals surface area contributed by atoms with Gasteiger partial charge in [-0.15, -0.1) is 0 Å². The second-order valence-electron chi connectivity index (χ2n) is 3.33. The molecule has 0 atom stereocenters. The standard InChI is InChI=1S/C13H12N2O4/c1-2-19-13(18)12(9-17)15-14-11-5-3-10(4-6-11)7-8-16/h3-7,9,14H,2H2,1H3/b15-12+. The van der Waals surface area contributed by atoms with E-state index in [1.54, 1.807) is 37.1 Å². The summed E-state index contributed by atoms with van der Waals surface area (Å²) < 4.78 is 4.65. The van der Waals surface area contributed by atoms with Gasteiger partial charge in [-0.3, -0.25) is 10.2 Å². The summed E-state index contributed by atoms with van der Waals surface area (Å²) >= 11 is 0. The first-order valence-corrected chi connectivity index (χ1v) is 5.48. The van der Waals surface area contributed by atoms with E-state index < -0.39 is 5.97 Å². The molecule has 0 aliphatic carbocycles.